The average Bonchev–Trinajstić information content (AvgIpc) is 2.83. The summed E-state index contributed by atoms with van der Waals surface area (Å²) in [5.41, 5.74) is 0. The monoisotopic (exact) mass is 506 g/mol. The van der Waals surface area contributed by atoms with E-state index in [0.29, 0.717) is 0 Å². The molecule has 5 nitrogen and oxygen atoms in total. The van der Waals surface area contributed by atoms with Crippen molar-refractivity contribution in [2.24, 2.45) is 0 Å². The lowest BCUT2D eigenvalue weighted by Crippen LogP contribution is -2.42. The van der Waals surface area contributed by atoms with Crippen LogP contribution in [0.3, 0.4) is 0 Å². The van der Waals surface area contributed by atoms with Crippen molar-refractivity contribution < 1.29 is 20.6 Å². The SMILES string of the molecule is c1ccc2cc3cc4cc5c([SiH]6O[SiH2]O[SiH2]O[SiH2]O[SiH2]O6)cccc5cc4cc3cc2c1. The zero-order chi connectivity index (χ0) is 21.3. The second-order valence-electron chi connectivity index (χ2n) is 7.92. The van der Waals surface area contributed by atoms with Crippen LogP contribution in [0.2, 0.25) is 0 Å². The van der Waals surface area contributed by atoms with Crippen molar-refractivity contribution in [1.29, 1.82) is 0 Å². The van der Waals surface area contributed by atoms with Crippen molar-refractivity contribution in [3.63, 3.8) is 0 Å². The van der Waals surface area contributed by atoms with Gasteiger partial charge in [-0.1, -0.05) is 42.5 Å². The summed E-state index contributed by atoms with van der Waals surface area (Å²) < 4.78 is 29.3. The van der Waals surface area contributed by atoms with Gasteiger partial charge in [-0.2, -0.15) is 0 Å². The number of rotatable bonds is 1. The van der Waals surface area contributed by atoms with Gasteiger partial charge in [-0.15, -0.1) is 0 Å². The topological polar surface area (TPSA) is 46.2 Å². The summed E-state index contributed by atoms with van der Waals surface area (Å²) in [4.78, 5) is 0. The Morgan fingerprint density at radius 2 is 0.969 bits per heavy atom. The zero-order valence-electron chi connectivity index (χ0n) is 17.5. The molecule has 0 unspecified atom stereocenters. The maximum atomic E-state index is 6.20. The average molecular weight is 507 g/mol. The summed E-state index contributed by atoms with van der Waals surface area (Å²) in [5.74, 6) is 0. The van der Waals surface area contributed by atoms with Crippen LogP contribution in [-0.4, -0.2) is 49.3 Å². The van der Waals surface area contributed by atoms with Gasteiger partial charge in [-0.25, -0.2) is 0 Å². The number of benzene rings is 5. The van der Waals surface area contributed by atoms with Crippen LogP contribution in [0.1, 0.15) is 0 Å². The van der Waals surface area contributed by atoms with Gasteiger partial charge < -0.3 is 20.6 Å². The fourth-order valence-corrected chi connectivity index (χ4v) is 15.2. The number of hydrogen-bond acceptors (Lipinski definition) is 5. The highest BCUT2D eigenvalue weighted by Crippen LogP contribution is 2.30. The highest BCUT2D eigenvalue weighted by atomic mass is 28.4. The first kappa shape index (κ1) is 20.6. The molecule has 1 aliphatic rings. The van der Waals surface area contributed by atoms with Crippen molar-refractivity contribution in [2.45, 2.75) is 0 Å². The molecule has 1 aliphatic heterocycles. The number of fused-ring (bicyclic) bond motifs is 4. The first-order chi connectivity index (χ1) is 15.8. The van der Waals surface area contributed by atoms with E-state index < -0.39 is 49.3 Å². The van der Waals surface area contributed by atoms with Crippen molar-refractivity contribution >= 4 is 97.6 Å². The van der Waals surface area contributed by atoms with Gasteiger partial charge in [-0.3, -0.25) is 0 Å². The fourth-order valence-electron chi connectivity index (χ4n) is 4.37. The van der Waals surface area contributed by atoms with E-state index in [4.69, 9.17) is 20.6 Å². The van der Waals surface area contributed by atoms with E-state index >= 15 is 0 Å². The molecule has 0 N–H and O–H groups in total. The van der Waals surface area contributed by atoms with E-state index in [9.17, 15) is 0 Å². The minimum atomic E-state index is -2.06. The second kappa shape index (κ2) is 9.11. The van der Waals surface area contributed by atoms with E-state index in [1.54, 1.807) is 0 Å². The molecule has 0 bridgehead atoms. The molecule has 0 atom stereocenters. The Morgan fingerprint density at radius 3 is 1.62 bits per heavy atom. The van der Waals surface area contributed by atoms with E-state index in [0.717, 1.165) is 0 Å². The van der Waals surface area contributed by atoms with Gasteiger partial charge in [0.25, 0.3) is 40.0 Å². The highest BCUT2D eigenvalue weighted by molar-refractivity contribution is 6.72. The molecule has 6 rings (SSSR count). The van der Waals surface area contributed by atoms with Crippen LogP contribution in [-0.2, 0) is 20.6 Å². The molecule has 0 saturated carbocycles. The molecule has 0 aromatic heterocycles. The minimum absolute atomic E-state index is 0.931. The number of hydrogen-bond donors (Lipinski definition) is 0. The van der Waals surface area contributed by atoms with Gasteiger partial charge >= 0.3 is 9.28 Å². The maximum absolute atomic E-state index is 6.20. The first-order valence-electron chi connectivity index (χ1n) is 10.6. The summed E-state index contributed by atoms with van der Waals surface area (Å²) in [6, 6.07) is 28.7. The fraction of sp³-hybridized carbons (Fsp3) is 0. The lowest BCUT2D eigenvalue weighted by molar-refractivity contribution is 0.339. The summed E-state index contributed by atoms with van der Waals surface area (Å²) >= 11 is 0. The van der Waals surface area contributed by atoms with Gasteiger partial charge in [0, 0.05) is 0 Å². The molecular formula is C22H22O5Si5. The van der Waals surface area contributed by atoms with Crippen LogP contribution in [0.4, 0.5) is 0 Å². The Morgan fingerprint density at radius 1 is 0.469 bits per heavy atom. The van der Waals surface area contributed by atoms with Crippen LogP contribution in [0, 0.1) is 0 Å². The predicted octanol–water partition coefficient (Wildman–Crippen LogP) is 0.819. The van der Waals surface area contributed by atoms with Crippen LogP contribution in [0.15, 0.2) is 78.9 Å². The Hall–Kier alpha value is -1.98. The smallest absolute Gasteiger partial charge is 0.338 e. The molecule has 0 spiro atoms. The molecule has 1 fully saturated rings. The molecule has 0 radical (unpaired) electrons. The second-order valence-corrected chi connectivity index (χ2v) is 17.7. The van der Waals surface area contributed by atoms with Crippen molar-refractivity contribution in [3.05, 3.63) is 78.9 Å². The molecule has 0 amide bonds. The van der Waals surface area contributed by atoms with Gasteiger partial charge in [0.2, 0.25) is 0 Å². The molecule has 10 heteroatoms. The van der Waals surface area contributed by atoms with Gasteiger partial charge in [0.05, 0.1) is 0 Å². The predicted molar refractivity (Wildman–Crippen MR) is 143 cm³/mol. The maximum Gasteiger partial charge on any atom is 0.338 e. The molecule has 160 valence electrons. The Bertz CT molecular complexity index is 1440. The Kier molecular flexibility index (Phi) is 5.87. The summed E-state index contributed by atoms with van der Waals surface area (Å²) in [6.45, 7) is 0. The standard InChI is InChI=1S/C22H22O5Si5/c1-2-5-15-9-18-12-20-13-21-16(10-19(20)11-17(18)8-14(15)4-1)6-3-7-22(21)32-26-30-24-28-23-29-25-31-27-32/h1-13,32H,28-31H2. The van der Waals surface area contributed by atoms with Crippen LogP contribution in [0.25, 0.3) is 43.1 Å². The summed E-state index contributed by atoms with van der Waals surface area (Å²) in [7, 11) is -6.06. The quantitative estimate of drug-likeness (QED) is 0.249. The van der Waals surface area contributed by atoms with Gasteiger partial charge in [0.15, 0.2) is 0 Å². The lowest BCUT2D eigenvalue weighted by atomic mass is 9.97. The van der Waals surface area contributed by atoms with Crippen LogP contribution >= 0.6 is 0 Å². The third-order valence-electron chi connectivity index (χ3n) is 5.88. The highest BCUT2D eigenvalue weighted by Gasteiger charge is 2.20. The lowest BCUT2D eigenvalue weighted by Gasteiger charge is -2.21. The van der Waals surface area contributed by atoms with Crippen LogP contribution < -0.4 is 5.19 Å². The normalized spacial score (nSPS) is 21.4. The largest absolute Gasteiger partial charge is 0.425 e. The van der Waals surface area contributed by atoms with Crippen molar-refractivity contribution in [3.8, 4) is 0 Å². The molecule has 5 aromatic rings. The summed E-state index contributed by atoms with van der Waals surface area (Å²) in [5, 5.41) is 11.1. The van der Waals surface area contributed by atoms with Gasteiger partial charge in [-0.05, 0) is 84.7 Å². The Labute approximate surface area is 196 Å². The molecule has 0 aliphatic carbocycles. The van der Waals surface area contributed by atoms with Crippen molar-refractivity contribution in [2.75, 3.05) is 0 Å². The molecule has 1 saturated heterocycles. The molecule has 32 heavy (non-hydrogen) atoms. The van der Waals surface area contributed by atoms with E-state index in [1.807, 2.05) is 0 Å². The zero-order valence-corrected chi connectivity index (χ0v) is 24.3. The third kappa shape index (κ3) is 4.06. The molecule has 1 heterocycles. The van der Waals surface area contributed by atoms with E-state index in [-0.39, 0.29) is 0 Å². The van der Waals surface area contributed by atoms with Crippen molar-refractivity contribution in [1.82, 2.24) is 0 Å². The first-order valence-corrected chi connectivity index (χ1v) is 16.7. The molecular weight excluding hydrogens is 485 g/mol. The van der Waals surface area contributed by atoms with E-state index in [2.05, 4.69) is 78.9 Å². The third-order valence-corrected chi connectivity index (χ3v) is 14.4. The Balaban J connectivity index is 1.48. The summed E-state index contributed by atoms with van der Waals surface area (Å²) in [6.07, 6.45) is 0. The molecule has 5 aromatic carbocycles. The van der Waals surface area contributed by atoms with Gasteiger partial charge in [0.1, 0.15) is 0 Å². The minimum Gasteiger partial charge on any atom is -0.425 e. The van der Waals surface area contributed by atoms with Crippen LogP contribution in [0.5, 0.6) is 0 Å². The van der Waals surface area contributed by atoms with E-state index in [1.165, 1.54) is 48.3 Å².